The highest BCUT2D eigenvalue weighted by molar-refractivity contribution is 5.34. The van der Waals surface area contributed by atoms with E-state index in [1.54, 1.807) is 6.20 Å². The molecule has 1 heterocycles. The predicted octanol–water partition coefficient (Wildman–Crippen LogP) is 2.41. The van der Waals surface area contributed by atoms with Crippen LogP contribution in [0.5, 0.6) is 0 Å². The molecule has 0 aliphatic carbocycles. The third-order valence-corrected chi connectivity index (χ3v) is 3.10. The molecule has 1 N–H and O–H groups in total. The summed E-state index contributed by atoms with van der Waals surface area (Å²) in [6.45, 7) is 2.21. The average Bonchev–Trinajstić information content (AvgIpc) is 2.90. The highest BCUT2D eigenvalue weighted by Gasteiger charge is 2.00. The molecule has 1 aromatic heterocycles. The summed E-state index contributed by atoms with van der Waals surface area (Å²) in [4.78, 5) is 4.05. The van der Waals surface area contributed by atoms with Gasteiger partial charge in [-0.15, -0.1) is 0 Å². The van der Waals surface area contributed by atoms with Gasteiger partial charge in [-0.1, -0.05) is 12.1 Å². The lowest BCUT2D eigenvalue weighted by molar-refractivity contribution is 0.565. The van der Waals surface area contributed by atoms with E-state index in [0.717, 1.165) is 12.1 Å². The summed E-state index contributed by atoms with van der Waals surface area (Å²) < 4.78 is 2.01. The summed E-state index contributed by atoms with van der Waals surface area (Å²) in [5, 5.41) is 3.26. The number of nitrogens with zero attached hydrogens (tertiary/aromatic N) is 2. The minimum absolute atomic E-state index is 0.573. The van der Waals surface area contributed by atoms with Gasteiger partial charge >= 0.3 is 0 Å². The van der Waals surface area contributed by atoms with Crippen LogP contribution in [0.4, 0.5) is 0 Å². The molecule has 0 aliphatic heterocycles. The molecule has 2 aromatic rings. The van der Waals surface area contributed by atoms with Crippen LogP contribution in [-0.4, -0.2) is 22.6 Å². The van der Waals surface area contributed by atoms with Crippen LogP contribution in [0.3, 0.4) is 0 Å². The van der Waals surface area contributed by atoms with E-state index >= 15 is 0 Å². The van der Waals surface area contributed by atoms with Crippen LogP contribution >= 0.6 is 0 Å². The number of aromatic nitrogens is 2. The third kappa shape index (κ3) is 3.17. The van der Waals surface area contributed by atoms with Gasteiger partial charge in [-0.2, -0.15) is 0 Å². The SMILES string of the molecule is CNC(C)CCc1ccc(-n2ccnc2)cc1. The minimum atomic E-state index is 0.573. The van der Waals surface area contributed by atoms with E-state index in [1.165, 1.54) is 12.0 Å². The van der Waals surface area contributed by atoms with Gasteiger partial charge < -0.3 is 9.88 Å². The molecule has 0 spiro atoms. The zero-order valence-electron chi connectivity index (χ0n) is 10.4. The smallest absolute Gasteiger partial charge is 0.0991 e. The van der Waals surface area contributed by atoms with Crippen molar-refractivity contribution < 1.29 is 0 Å². The summed E-state index contributed by atoms with van der Waals surface area (Å²) in [6.07, 6.45) is 7.85. The molecule has 3 heteroatoms. The van der Waals surface area contributed by atoms with Gasteiger partial charge in [0.1, 0.15) is 0 Å². The predicted molar refractivity (Wildman–Crippen MR) is 70.4 cm³/mol. The number of imidazole rings is 1. The Morgan fingerprint density at radius 3 is 2.65 bits per heavy atom. The highest BCUT2D eigenvalue weighted by atomic mass is 15.0. The molecule has 0 saturated carbocycles. The van der Waals surface area contributed by atoms with Gasteiger partial charge in [0.25, 0.3) is 0 Å². The summed E-state index contributed by atoms with van der Waals surface area (Å²) in [5.74, 6) is 0. The number of nitrogens with one attached hydrogen (secondary N) is 1. The molecule has 0 bridgehead atoms. The summed E-state index contributed by atoms with van der Waals surface area (Å²) in [7, 11) is 2.01. The van der Waals surface area contributed by atoms with Crippen LogP contribution < -0.4 is 5.32 Å². The first kappa shape index (κ1) is 11.9. The molecule has 1 aromatic carbocycles. The topological polar surface area (TPSA) is 29.9 Å². The van der Waals surface area contributed by atoms with Gasteiger partial charge in [0.05, 0.1) is 6.33 Å². The first-order valence-corrected chi connectivity index (χ1v) is 6.04. The van der Waals surface area contributed by atoms with Crippen LogP contribution in [0.1, 0.15) is 18.9 Å². The fourth-order valence-corrected chi connectivity index (χ4v) is 1.77. The summed E-state index contributed by atoms with van der Waals surface area (Å²) in [6, 6.07) is 9.24. The fraction of sp³-hybridized carbons (Fsp3) is 0.357. The zero-order valence-corrected chi connectivity index (χ0v) is 10.4. The Kier molecular flexibility index (Phi) is 3.94. The quantitative estimate of drug-likeness (QED) is 0.853. The lowest BCUT2D eigenvalue weighted by Crippen LogP contribution is -2.21. The van der Waals surface area contributed by atoms with Crippen molar-refractivity contribution in [3.05, 3.63) is 48.5 Å². The van der Waals surface area contributed by atoms with E-state index < -0.39 is 0 Å². The summed E-state index contributed by atoms with van der Waals surface area (Å²) in [5.41, 5.74) is 2.55. The van der Waals surface area contributed by atoms with Crippen molar-refractivity contribution in [3.63, 3.8) is 0 Å². The fourth-order valence-electron chi connectivity index (χ4n) is 1.77. The number of hydrogen-bond acceptors (Lipinski definition) is 2. The van der Waals surface area contributed by atoms with Gasteiger partial charge in [0.2, 0.25) is 0 Å². The number of aryl methyl sites for hydroxylation is 1. The van der Waals surface area contributed by atoms with Crippen LogP contribution in [0, 0.1) is 0 Å². The second-order valence-electron chi connectivity index (χ2n) is 4.36. The Morgan fingerprint density at radius 1 is 1.29 bits per heavy atom. The Hall–Kier alpha value is -1.61. The van der Waals surface area contributed by atoms with E-state index in [1.807, 2.05) is 24.1 Å². The van der Waals surface area contributed by atoms with Crippen LogP contribution in [0.15, 0.2) is 43.0 Å². The molecule has 3 nitrogen and oxygen atoms in total. The minimum Gasteiger partial charge on any atom is -0.317 e. The molecule has 90 valence electrons. The van der Waals surface area contributed by atoms with Crippen molar-refractivity contribution in [2.75, 3.05) is 7.05 Å². The van der Waals surface area contributed by atoms with Crippen molar-refractivity contribution >= 4 is 0 Å². The number of hydrogen-bond donors (Lipinski definition) is 1. The van der Waals surface area contributed by atoms with E-state index in [-0.39, 0.29) is 0 Å². The molecular weight excluding hydrogens is 210 g/mol. The average molecular weight is 229 g/mol. The highest BCUT2D eigenvalue weighted by Crippen LogP contribution is 2.11. The Morgan fingerprint density at radius 2 is 2.06 bits per heavy atom. The van der Waals surface area contributed by atoms with Crippen LogP contribution in [-0.2, 0) is 6.42 Å². The van der Waals surface area contributed by atoms with Gasteiger partial charge in [-0.25, -0.2) is 4.98 Å². The van der Waals surface area contributed by atoms with Crippen molar-refractivity contribution in [3.8, 4) is 5.69 Å². The second kappa shape index (κ2) is 5.64. The zero-order chi connectivity index (χ0) is 12.1. The maximum Gasteiger partial charge on any atom is 0.0991 e. The largest absolute Gasteiger partial charge is 0.317 e. The second-order valence-corrected chi connectivity index (χ2v) is 4.36. The molecular formula is C14H19N3. The van der Waals surface area contributed by atoms with E-state index in [4.69, 9.17) is 0 Å². The van der Waals surface area contributed by atoms with Crippen LogP contribution in [0.2, 0.25) is 0 Å². The van der Waals surface area contributed by atoms with Crippen LogP contribution in [0.25, 0.3) is 5.69 Å². The maximum absolute atomic E-state index is 4.05. The molecule has 0 radical (unpaired) electrons. The van der Waals surface area contributed by atoms with Gasteiger partial charge in [0, 0.05) is 24.1 Å². The van der Waals surface area contributed by atoms with E-state index in [0.29, 0.717) is 6.04 Å². The van der Waals surface area contributed by atoms with Crippen molar-refractivity contribution in [1.29, 1.82) is 0 Å². The van der Waals surface area contributed by atoms with Crippen molar-refractivity contribution in [1.82, 2.24) is 14.9 Å². The number of benzene rings is 1. The third-order valence-electron chi connectivity index (χ3n) is 3.10. The van der Waals surface area contributed by atoms with Crippen molar-refractivity contribution in [2.45, 2.75) is 25.8 Å². The molecule has 1 atom stereocenters. The Labute approximate surface area is 103 Å². The maximum atomic E-state index is 4.05. The monoisotopic (exact) mass is 229 g/mol. The van der Waals surface area contributed by atoms with Gasteiger partial charge in [-0.05, 0) is 44.5 Å². The van der Waals surface area contributed by atoms with Crippen molar-refractivity contribution in [2.24, 2.45) is 0 Å². The lowest BCUT2D eigenvalue weighted by Gasteiger charge is -2.10. The molecule has 17 heavy (non-hydrogen) atoms. The normalized spacial score (nSPS) is 12.6. The molecule has 1 unspecified atom stereocenters. The molecule has 0 fully saturated rings. The molecule has 0 amide bonds. The lowest BCUT2D eigenvalue weighted by atomic mass is 10.1. The Bertz CT molecular complexity index is 431. The standard InChI is InChI=1S/C14H19N3/c1-12(15-2)3-4-13-5-7-14(8-6-13)17-10-9-16-11-17/h5-12,15H,3-4H2,1-2H3. The molecule has 0 saturated heterocycles. The summed E-state index contributed by atoms with van der Waals surface area (Å²) >= 11 is 0. The van der Waals surface area contributed by atoms with Gasteiger partial charge in [-0.3, -0.25) is 0 Å². The number of rotatable bonds is 5. The molecule has 0 aliphatic rings. The van der Waals surface area contributed by atoms with Gasteiger partial charge in [0.15, 0.2) is 0 Å². The first-order valence-electron chi connectivity index (χ1n) is 6.04. The van der Waals surface area contributed by atoms with E-state index in [9.17, 15) is 0 Å². The Balaban J connectivity index is 1.99. The van der Waals surface area contributed by atoms with E-state index in [2.05, 4.69) is 41.5 Å². The first-order chi connectivity index (χ1) is 8.29. The molecule has 2 rings (SSSR count).